The number of anilines is 1. The fourth-order valence-corrected chi connectivity index (χ4v) is 2.98. The lowest BCUT2D eigenvalue weighted by Gasteiger charge is -2.20. The standard InChI is InChI=1S/C15H14ClN3O4/c1-7-4-5-8(6-9(7)16)19-12(20)10-11(13(21)23-3)17-18-15(10,2)14(19)22/h4-6,10,18H,1-3H3/t10-,15+/m0/s1. The number of nitrogens with one attached hydrogen (secondary N) is 1. The molecule has 2 heterocycles. The van der Waals surface area contributed by atoms with Crippen LogP contribution in [0.3, 0.4) is 0 Å². The molecule has 0 aromatic heterocycles. The molecule has 0 bridgehead atoms. The Kier molecular flexibility index (Phi) is 3.40. The minimum atomic E-state index is -1.31. The molecule has 1 fully saturated rings. The van der Waals surface area contributed by atoms with Gasteiger partial charge >= 0.3 is 5.97 Å². The number of hydrogen-bond donors (Lipinski definition) is 1. The summed E-state index contributed by atoms with van der Waals surface area (Å²) in [6, 6.07) is 4.90. The van der Waals surface area contributed by atoms with E-state index in [4.69, 9.17) is 11.6 Å². The molecule has 7 nitrogen and oxygen atoms in total. The minimum absolute atomic E-state index is 0.103. The van der Waals surface area contributed by atoms with Crippen LogP contribution in [0.15, 0.2) is 23.3 Å². The summed E-state index contributed by atoms with van der Waals surface area (Å²) in [6.45, 7) is 3.35. The molecule has 0 radical (unpaired) electrons. The number of esters is 1. The molecule has 0 aliphatic carbocycles. The van der Waals surface area contributed by atoms with Crippen molar-refractivity contribution in [2.75, 3.05) is 12.0 Å². The topological polar surface area (TPSA) is 88.1 Å². The lowest BCUT2D eigenvalue weighted by Crippen LogP contribution is -2.48. The van der Waals surface area contributed by atoms with Crippen LogP contribution in [0.25, 0.3) is 0 Å². The molecule has 23 heavy (non-hydrogen) atoms. The van der Waals surface area contributed by atoms with E-state index in [0.29, 0.717) is 10.7 Å². The number of hydrazone groups is 1. The van der Waals surface area contributed by atoms with Crippen LogP contribution in [0.5, 0.6) is 0 Å². The number of nitrogens with zero attached hydrogens (tertiary/aromatic N) is 2. The second-order valence-corrected chi connectivity index (χ2v) is 6.06. The smallest absolute Gasteiger partial charge is 0.355 e. The van der Waals surface area contributed by atoms with Crippen molar-refractivity contribution in [3.63, 3.8) is 0 Å². The lowest BCUT2D eigenvalue weighted by atomic mass is 9.86. The Morgan fingerprint density at radius 1 is 1.43 bits per heavy atom. The van der Waals surface area contributed by atoms with Crippen LogP contribution in [0.1, 0.15) is 12.5 Å². The molecule has 2 aliphatic heterocycles. The summed E-state index contributed by atoms with van der Waals surface area (Å²) in [7, 11) is 1.19. The highest BCUT2D eigenvalue weighted by Crippen LogP contribution is 2.38. The van der Waals surface area contributed by atoms with Gasteiger partial charge < -0.3 is 4.74 Å². The van der Waals surface area contributed by atoms with Crippen molar-refractivity contribution >= 4 is 40.8 Å². The number of halogens is 1. The Hall–Kier alpha value is -2.41. The molecule has 1 aromatic carbocycles. The zero-order valence-electron chi connectivity index (χ0n) is 12.7. The maximum atomic E-state index is 12.8. The van der Waals surface area contributed by atoms with Crippen molar-refractivity contribution in [1.82, 2.24) is 5.43 Å². The minimum Gasteiger partial charge on any atom is -0.464 e. The molecule has 2 aliphatic rings. The van der Waals surface area contributed by atoms with Crippen molar-refractivity contribution in [2.24, 2.45) is 11.0 Å². The van der Waals surface area contributed by atoms with Gasteiger partial charge in [-0.2, -0.15) is 5.10 Å². The van der Waals surface area contributed by atoms with Gasteiger partial charge in [-0.15, -0.1) is 0 Å². The third-order valence-corrected chi connectivity index (χ3v) is 4.59. The van der Waals surface area contributed by atoms with E-state index in [1.54, 1.807) is 18.2 Å². The highest BCUT2D eigenvalue weighted by atomic mass is 35.5. The van der Waals surface area contributed by atoms with E-state index in [0.717, 1.165) is 10.5 Å². The van der Waals surface area contributed by atoms with E-state index < -0.39 is 29.2 Å². The Labute approximate surface area is 137 Å². The molecule has 3 rings (SSSR count). The molecular formula is C15H14ClN3O4. The van der Waals surface area contributed by atoms with Gasteiger partial charge in [0, 0.05) is 5.02 Å². The van der Waals surface area contributed by atoms with Crippen LogP contribution in [-0.4, -0.2) is 36.1 Å². The van der Waals surface area contributed by atoms with Crippen molar-refractivity contribution in [3.8, 4) is 0 Å². The van der Waals surface area contributed by atoms with E-state index in [2.05, 4.69) is 15.3 Å². The molecule has 120 valence electrons. The first-order valence-electron chi connectivity index (χ1n) is 6.89. The van der Waals surface area contributed by atoms with E-state index in [9.17, 15) is 14.4 Å². The Morgan fingerprint density at radius 2 is 2.13 bits per heavy atom. The summed E-state index contributed by atoms with van der Waals surface area (Å²) in [6.07, 6.45) is 0. The third kappa shape index (κ3) is 2.03. The summed E-state index contributed by atoms with van der Waals surface area (Å²) >= 11 is 6.08. The fourth-order valence-electron chi connectivity index (χ4n) is 2.81. The zero-order chi connectivity index (χ0) is 16.9. The highest BCUT2D eigenvalue weighted by Gasteiger charge is 2.63. The molecule has 1 saturated heterocycles. The van der Waals surface area contributed by atoms with Gasteiger partial charge in [0.1, 0.15) is 11.5 Å². The summed E-state index contributed by atoms with van der Waals surface area (Å²) in [5.41, 5.74) is 2.39. The predicted molar refractivity (Wildman–Crippen MR) is 83.2 cm³/mol. The lowest BCUT2D eigenvalue weighted by molar-refractivity contribution is -0.133. The molecule has 0 spiro atoms. The molecule has 2 atom stereocenters. The summed E-state index contributed by atoms with van der Waals surface area (Å²) in [5.74, 6) is -2.79. The molecule has 1 aromatic rings. The van der Waals surface area contributed by atoms with Gasteiger partial charge in [0.25, 0.3) is 5.91 Å². The Balaban J connectivity index is 2.05. The first-order valence-corrected chi connectivity index (χ1v) is 7.26. The number of benzene rings is 1. The molecule has 2 amide bonds. The van der Waals surface area contributed by atoms with Crippen LogP contribution in [-0.2, 0) is 19.1 Å². The molecule has 0 saturated carbocycles. The molecule has 8 heteroatoms. The van der Waals surface area contributed by atoms with Crippen LogP contribution < -0.4 is 10.3 Å². The number of hydrogen-bond acceptors (Lipinski definition) is 6. The van der Waals surface area contributed by atoms with Crippen molar-refractivity contribution in [3.05, 3.63) is 28.8 Å². The second kappa shape index (κ2) is 5.06. The summed E-state index contributed by atoms with van der Waals surface area (Å²) in [4.78, 5) is 38.3. The van der Waals surface area contributed by atoms with Crippen LogP contribution in [0.2, 0.25) is 5.02 Å². The molecule has 1 N–H and O–H groups in total. The quantitative estimate of drug-likeness (QED) is 0.644. The van der Waals surface area contributed by atoms with Gasteiger partial charge in [-0.3, -0.25) is 15.0 Å². The van der Waals surface area contributed by atoms with Gasteiger partial charge in [-0.05, 0) is 31.5 Å². The van der Waals surface area contributed by atoms with Crippen molar-refractivity contribution in [2.45, 2.75) is 19.4 Å². The summed E-state index contributed by atoms with van der Waals surface area (Å²) in [5, 5.41) is 4.27. The summed E-state index contributed by atoms with van der Waals surface area (Å²) < 4.78 is 4.63. The number of aryl methyl sites for hydroxylation is 1. The Morgan fingerprint density at radius 3 is 2.74 bits per heavy atom. The first kappa shape index (κ1) is 15.5. The van der Waals surface area contributed by atoms with Gasteiger partial charge in [0.2, 0.25) is 5.91 Å². The Bertz CT molecular complexity index is 776. The second-order valence-electron chi connectivity index (χ2n) is 5.65. The van der Waals surface area contributed by atoms with Gasteiger partial charge in [0.05, 0.1) is 12.8 Å². The maximum absolute atomic E-state index is 12.8. The monoisotopic (exact) mass is 335 g/mol. The molecular weight excluding hydrogens is 322 g/mol. The van der Waals surface area contributed by atoms with Gasteiger partial charge in [0.15, 0.2) is 5.71 Å². The number of ether oxygens (including phenoxy) is 1. The van der Waals surface area contributed by atoms with Crippen molar-refractivity contribution in [1.29, 1.82) is 0 Å². The van der Waals surface area contributed by atoms with E-state index in [1.165, 1.54) is 14.0 Å². The number of imide groups is 1. The largest absolute Gasteiger partial charge is 0.464 e. The SMILES string of the molecule is COC(=O)C1=NN[C@@]2(C)C(=O)N(c3ccc(C)c(Cl)c3)C(=O)[C@H]12. The van der Waals surface area contributed by atoms with Crippen LogP contribution >= 0.6 is 11.6 Å². The van der Waals surface area contributed by atoms with E-state index >= 15 is 0 Å². The number of rotatable bonds is 2. The first-order chi connectivity index (χ1) is 10.8. The zero-order valence-corrected chi connectivity index (χ0v) is 13.5. The normalized spacial score (nSPS) is 26.0. The van der Waals surface area contributed by atoms with E-state index in [-0.39, 0.29) is 5.71 Å². The fraction of sp³-hybridized carbons (Fsp3) is 0.333. The maximum Gasteiger partial charge on any atom is 0.355 e. The highest BCUT2D eigenvalue weighted by molar-refractivity contribution is 6.47. The number of carbonyl (C=O) groups excluding carboxylic acids is 3. The predicted octanol–water partition coefficient (Wildman–Crippen LogP) is 1.03. The molecule has 0 unspecified atom stereocenters. The number of carbonyl (C=O) groups is 3. The van der Waals surface area contributed by atoms with E-state index in [1.807, 2.05) is 6.92 Å². The number of amides is 2. The van der Waals surface area contributed by atoms with Crippen LogP contribution in [0.4, 0.5) is 5.69 Å². The number of fused-ring (bicyclic) bond motifs is 1. The van der Waals surface area contributed by atoms with Gasteiger partial charge in [-0.25, -0.2) is 9.69 Å². The van der Waals surface area contributed by atoms with Crippen LogP contribution in [0, 0.1) is 12.8 Å². The number of methoxy groups -OCH3 is 1. The van der Waals surface area contributed by atoms with Crippen molar-refractivity contribution < 1.29 is 19.1 Å². The average Bonchev–Trinajstić information content (AvgIpc) is 2.96. The third-order valence-electron chi connectivity index (χ3n) is 4.18. The van der Waals surface area contributed by atoms with Gasteiger partial charge in [-0.1, -0.05) is 17.7 Å². The average molecular weight is 336 g/mol.